The largest absolute Gasteiger partial charge is 0.444 e. The van der Waals surface area contributed by atoms with Crippen LogP contribution in [0.3, 0.4) is 0 Å². The molecular weight excluding hydrogens is 626 g/mol. The Morgan fingerprint density at radius 1 is 0.959 bits per heavy atom. The van der Waals surface area contributed by atoms with E-state index in [1.54, 1.807) is 62.3 Å². The van der Waals surface area contributed by atoms with E-state index in [4.69, 9.17) is 9.47 Å². The number of carbonyl (C=O) groups is 4. The summed E-state index contributed by atoms with van der Waals surface area (Å²) in [4.78, 5) is 64.8. The lowest BCUT2D eigenvalue weighted by Gasteiger charge is -2.38. The number of aliphatic hydroxyl groups excluding tert-OH is 1. The molecule has 2 aromatic rings. The Kier molecular flexibility index (Phi) is 10.9. The molecular formula is C37H51N5O7. The predicted octanol–water partition coefficient (Wildman–Crippen LogP) is 5.66. The first-order valence-corrected chi connectivity index (χ1v) is 17.5. The van der Waals surface area contributed by atoms with Crippen molar-refractivity contribution in [2.45, 2.75) is 128 Å². The number of ether oxygens (including phenoxy) is 2. The lowest BCUT2D eigenvalue weighted by molar-refractivity contribution is -0.129. The summed E-state index contributed by atoms with van der Waals surface area (Å²) in [7, 11) is 0. The van der Waals surface area contributed by atoms with E-state index in [2.05, 4.69) is 10.3 Å². The van der Waals surface area contributed by atoms with Gasteiger partial charge in [-0.1, -0.05) is 31.4 Å². The molecule has 1 unspecified atom stereocenters. The minimum Gasteiger partial charge on any atom is -0.444 e. The fraction of sp³-hybridized carbons (Fsp3) is 0.595. The fourth-order valence-corrected chi connectivity index (χ4v) is 6.84. The fourth-order valence-electron chi connectivity index (χ4n) is 6.84. The molecule has 4 amide bonds. The van der Waals surface area contributed by atoms with Gasteiger partial charge >= 0.3 is 12.2 Å². The molecule has 2 aliphatic heterocycles. The van der Waals surface area contributed by atoms with E-state index in [-0.39, 0.29) is 24.9 Å². The number of anilines is 2. The van der Waals surface area contributed by atoms with Crippen molar-refractivity contribution in [1.82, 2.24) is 15.2 Å². The van der Waals surface area contributed by atoms with E-state index in [1.807, 2.05) is 26.8 Å². The number of rotatable bonds is 6. The Balaban J connectivity index is 1.62. The van der Waals surface area contributed by atoms with Crippen molar-refractivity contribution in [3.63, 3.8) is 0 Å². The van der Waals surface area contributed by atoms with Gasteiger partial charge in [0, 0.05) is 42.7 Å². The average molecular weight is 678 g/mol. The van der Waals surface area contributed by atoms with Crippen LogP contribution in [-0.4, -0.2) is 81.5 Å². The lowest BCUT2D eigenvalue weighted by atomic mass is 9.94. The molecule has 3 atom stereocenters. The number of β-amino-alcohol motifs (C(OH)–C–C–N with tert-alkyl or cyclic N) is 1. The van der Waals surface area contributed by atoms with Crippen LogP contribution < -0.4 is 15.1 Å². The first-order chi connectivity index (χ1) is 23.1. The number of likely N-dealkylation sites (tertiary alicyclic amines) is 1. The molecule has 12 nitrogen and oxygen atoms in total. The molecule has 1 aromatic carbocycles. The smallest absolute Gasteiger partial charge is 0.414 e. The second kappa shape index (κ2) is 14.7. The molecule has 1 aromatic heterocycles. The van der Waals surface area contributed by atoms with Crippen molar-refractivity contribution in [3.05, 3.63) is 53.9 Å². The highest BCUT2D eigenvalue weighted by molar-refractivity contribution is 6.05. The first kappa shape index (κ1) is 36.1. The second-order valence-corrected chi connectivity index (χ2v) is 15.3. The molecule has 2 fully saturated rings. The number of benzene rings is 1. The molecule has 0 bridgehead atoms. The van der Waals surface area contributed by atoms with Gasteiger partial charge in [0.25, 0.3) is 5.91 Å². The number of hydrogen-bond donors (Lipinski definition) is 2. The maximum atomic E-state index is 15.0. The Morgan fingerprint density at radius 3 is 2.31 bits per heavy atom. The molecule has 1 aliphatic carbocycles. The summed E-state index contributed by atoms with van der Waals surface area (Å²) in [5.41, 5.74) is 0.782. The van der Waals surface area contributed by atoms with Crippen LogP contribution in [0.2, 0.25) is 0 Å². The van der Waals surface area contributed by atoms with E-state index < -0.39 is 47.5 Å². The summed E-state index contributed by atoms with van der Waals surface area (Å²) in [6, 6.07) is 6.52. The van der Waals surface area contributed by atoms with Gasteiger partial charge in [-0.05, 0) is 91.0 Å². The standard InChI is InChI=1S/C37H51N5O7/c1-36(2,3)48-34(46)40-19-11-13-24-16-17-27(20-29(24)40)42(33(45)30-21-28(43)23-41(30)35(47)49-37(4,5)6)31(25-12-10-18-38-22-25)32(44)39-26-14-8-7-9-15-26/h10,12,16-18,20,22,26,28,30-31,43H,7-9,11,13-15,19,21,23H2,1-6H3,(H,39,44)/t28-,30-,31?/m1/s1. The van der Waals surface area contributed by atoms with E-state index in [1.165, 1.54) is 9.80 Å². The van der Waals surface area contributed by atoms with Crippen LogP contribution in [0.4, 0.5) is 21.0 Å². The Bertz CT molecular complexity index is 1510. The third kappa shape index (κ3) is 8.89. The Hall–Kier alpha value is -4.19. The highest BCUT2D eigenvalue weighted by Crippen LogP contribution is 2.38. The van der Waals surface area contributed by atoms with Crippen molar-refractivity contribution >= 4 is 35.4 Å². The van der Waals surface area contributed by atoms with E-state index in [0.29, 0.717) is 23.5 Å². The van der Waals surface area contributed by atoms with Crippen molar-refractivity contribution in [1.29, 1.82) is 0 Å². The van der Waals surface area contributed by atoms with Crippen molar-refractivity contribution in [3.8, 4) is 0 Å². The predicted molar refractivity (Wildman–Crippen MR) is 185 cm³/mol. The number of aromatic nitrogens is 1. The van der Waals surface area contributed by atoms with Gasteiger partial charge in [-0.15, -0.1) is 0 Å². The van der Waals surface area contributed by atoms with Crippen LogP contribution in [0.25, 0.3) is 0 Å². The zero-order valence-corrected chi connectivity index (χ0v) is 29.6. The zero-order chi connectivity index (χ0) is 35.5. The monoisotopic (exact) mass is 677 g/mol. The highest BCUT2D eigenvalue weighted by Gasteiger charge is 2.46. The van der Waals surface area contributed by atoms with Crippen LogP contribution in [0.5, 0.6) is 0 Å². The number of nitrogens with zero attached hydrogens (tertiary/aromatic N) is 4. The number of pyridine rings is 1. The lowest BCUT2D eigenvalue weighted by Crippen LogP contribution is -2.53. The molecule has 12 heteroatoms. The van der Waals surface area contributed by atoms with E-state index in [9.17, 15) is 19.5 Å². The van der Waals surface area contributed by atoms with Crippen LogP contribution >= 0.6 is 0 Å². The number of nitrogens with one attached hydrogen (secondary N) is 1. The van der Waals surface area contributed by atoms with Crippen molar-refractivity contribution < 1.29 is 33.8 Å². The molecule has 1 saturated carbocycles. The van der Waals surface area contributed by atoms with Crippen LogP contribution in [0.1, 0.15) is 104 Å². The summed E-state index contributed by atoms with van der Waals surface area (Å²) in [6.07, 6.45) is 7.17. The van der Waals surface area contributed by atoms with Gasteiger partial charge in [0.15, 0.2) is 0 Å². The molecule has 0 radical (unpaired) electrons. The minimum absolute atomic E-state index is 0.0342. The number of amides is 4. The number of hydrogen-bond acceptors (Lipinski definition) is 8. The number of carbonyl (C=O) groups excluding carboxylic acids is 4. The molecule has 266 valence electrons. The molecule has 0 spiro atoms. The Morgan fingerprint density at radius 2 is 1.65 bits per heavy atom. The van der Waals surface area contributed by atoms with Gasteiger partial charge in [-0.25, -0.2) is 9.59 Å². The quantitative estimate of drug-likeness (QED) is 0.399. The highest BCUT2D eigenvalue weighted by atomic mass is 16.6. The molecule has 1 saturated heterocycles. The van der Waals surface area contributed by atoms with Crippen molar-refractivity contribution in [2.24, 2.45) is 0 Å². The maximum absolute atomic E-state index is 15.0. The summed E-state index contributed by atoms with van der Waals surface area (Å²) in [5.74, 6) is -0.938. The van der Waals surface area contributed by atoms with Gasteiger partial charge in [0.1, 0.15) is 23.3 Å². The first-order valence-electron chi connectivity index (χ1n) is 17.5. The third-order valence-electron chi connectivity index (χ3n) is 8.97. The average Bonchev–Trinajstić information content (AvgIpc) is 3.44. The molecule has 2 N–H and O–H groups in total. The number of fused-ring (bicyclic) bond motifs is 1. The van der Waals surface area contributed by atoms with Crippen LogP contribution in [-0.2, 0) is 25.5 Å². The van der Waals surface area contributed by atoms with Gasteiger partial charge < -0.3 is 19.9 Å². The molecule has 49 heavy (non-hydrogen) atoms. The SMILES string of the molecule is CC(C)(C)OC(=O)N1CCCc2ccc(N(C(=O)[C@H]3C[C@@H](O)CN3C(=O)OC(C)(C)C)C(C(=O)NC3CCCCC3)c3cccnc3)cc21. The van der Waals surface area contributed by atoms with Crippen molar-refractivity contribution in [2.75, 3.05) is 22.9 Å². The van der Waals surface area contributed by atoms with Gasteiger partial charge in [-0.3, -0.25) is 29.3 Å². The summed E-state index contributed by atoms with van der Waals surface area (Å²) in [6.45, 7) is 11.0. The second-order valence-electron chi connectivity index (χ2n) is 15.3. The molecule has 3 heterocycles. The van der Waals surface area contributed by atoms with Gasteiger partial charge in [0.05, 0.1) is 18.3 Å². The normalized spacial score (nSPS) is 20.6. The summed E-state index contributed by atoms with van der Waals surface area (Å²) < 4.78 is 11.4. The minimum atomic E-state index is -1.17. The topological polar surface area (TPSA) is 142 Å². The van der Waals surface area contributed by atoms with Gasteiger partial charge in [0.2, 0.25) is 5.91 Å². The summed E-state index contributed by atoms with van der Waals surface area (Å²) in [5, 5.41) is 14.0. The Labute approximate surface area is 289 Å². The van der Waals surface area contributed by atoms with Crippen LogP contribution in [0, 0.1) is 0 Å². The van der Waals surface area contributed by atoms with E-state index in [0.717, 1.165) is 50.5 Å². The third-order valence-corrected chi connectivity index (χ3v) is 8.97. The zero-order valence-electron chi connectivity index (χ0n) is 29.6. The number of aliphatic hydroxyl groups is 1. The number of aryl methyl sites for hydroxylation is 1. The maximum Gasteiger partial charge on any atom is 0.414 e. The van der Waals surface area contributed by atoms with Crippen LogP contribution in [0.15, 0.2) is 42.7 Å². The molecule has 3 aliphatic rings. The molecule has 5 rings (SSSR count). The summed E-state index contributed by atoms with van der Waals surface area (Å²) >= 11 is 0. The van der Waals surface area contributed by atoms with E-state index >= 15 is 4.79 Å². The van der Waals surface area contributed by atoms with Gasteiger partial charge in [-0.2, -0.15) is 0 Å².